The summed E-state index contributed by atoms with van der Waals surface area (Å²) in [6.45, 7) is 2.02. The van der Waals surface area contributed by atoms with E-state index in [0.717, 1.165) is 17.4 Å². The third kappa shape index (κ3) is 4.08. The number of hydrogen-bond acceptors (Lipinski definition) is 4. The van der Waals surface area contributed by atoms with Crippen molar-refractivity contribution in [2.24, 2.45) is 0 Å². The Labute approximate surface area is 157 Å². The fourth-order valence-corrected chi connectivity index (χ4v) is 3.47. The van der Waals surface area contributed by atoms with Gasteiger partial charge in [0.15, 0.2) is 9.84 Å². The number of ether oxygens (including phenoxy) is 1. The van der Waals surface area contributed by atoms with Crippen molar-refractivity contribution in [1.29, 1.82) is 0 Å². The molecule has 0 bridgehead atoms. The molecule has 136 valence electrons. The second-order valence-electron chi connectivity index (χ2n) is 6.18. The normalized spacial score (nSPS) is 14.7. The van der Waals surface area contributed by atoms with E-state index in [9.17, 15) is 13.2 Å². The van der Waals surface area contributed by atoms with Gasteiger partial charge < -0.3 is 10.1 Å². The van der Waals surface area contributed by atoms with Gasteiger partial charge in [0.05, 0.1) is 16.5 Å². The van der Waals surface area contributed by atoms with Crippen molar-refractivity contribution in [2.75, 3.05) is 12.9 Å². The monoisotopic (exact) mass is 391 g/mol. The molecule has 1 aliphatic heterocycles. The molecule has 26 heavy (non-hydrogen) atoms. The molecule has 0 radical (unpaired) electrons. The van der Waals surface area contributed by atoms with E-state index in [1.807, 2.05) is 6.92 Å². The molecule has 2 aromatic carbocycles. The van der Waals surface area contributed by atoms with Crippen LogP contribution in [0.3, 0.4) is 0 Å². The molecule has 1 amide bonds. The van der Waals surface area contributed by atoms with Crippen molar-refractivity contribution in [3.63, 3.8) is 0 Å². The number of rotatable bonds is 4. The minimum absolute atomic E-state index is 0.181. The quantitative estimate of drug-likeness (QED) is 0.867. The van der Waals surface area contributed by atoms with E-state index in [1.165, 1.54) is 12.1 Å². The van der Waals surface area contributed by atoms with Crippen LogP contribution in [0.15, 0.2) is 52.9 Å². The summed E-state index contributed by atoms with van der Waals surface area (Å²) in [5, 5.41) is 3.47. The predicted octanol–water partition coefficient (Wildman–Crippen LogP) is 3.40. The number of halogens is 1. The molecular weight excluding hydrogens is 374 g/mol. The Hall–Kier alpha value is -2.31. The topological polar surface area (TPSA) is 72.5 Å². The highest BCUT2D eigenvalue weighted by molar-refractivity contribution is 7.90. The number of carbonyl (C=O) groups is 1. The largest absolute Gasteiger partial charge is 0.488 e. The molecule has 1 atom stereocenters. The van der Waals surface area contributed by atoms with Gasteiger partial charge in [-0.3, -0.25) is 4.79 Å². The Bertz CT molecular complexity index is 981. The van der Waals surface area contributed by atoms with Gasteiger partial charge in [-0.15, -0.1) is 0 Å². The van der Waals surface area contributed by atoms with E-state index in [4.69, 9.17) is 16.3 Å². The molecule has 0 aliphatic carbocycles. The van der Waals surface area contributed by atoms with Gasteiger partial charge in [0.25, 0.3) is 5.91 Å². The summed E-state index contributed by atoms with van der Waals surface area (Å²) < 4.78 is 28.6. The van der Waals surface area contributed by atoms with Gasteiger partial charge in [-0.25, -0.2) is 8.42 Å². The minimum Gasteiger partial charge on any atom is -0.488 e. The van der Waals surface area contributed by atoms with E-state index in [-0.39, 0.29) is 23.5 Å². The highest BCUT2D eigenvalue weighted by atomic mass is 35.5. The summed E-state index contributed by atoms with van der Waals surface area (Å²) in [6, 6.07) is 11.4. The Balaban J connectivity index is 1.73. The van der Waals surface area contributed by atoms with Gasteiger partial charge in [-0.1, -0.05) is 23.7 Å². The van der Waals surface area contributed by atoms with E-state index >= 15 is 0 Å². The van der Waals surface area contributed by atoms with Gasteiger partial charge in [0.2, 0.25) is 0 Å². The molecule has 1 unspecified atom stereocenters. The first-order valence-corrected chi connectivity index (χ1v) is 10.2. The first-order valence-electron chi connectivity index (χ1n) is 7.98. The van der Waals surface area contributed by atoms with E-state index in [0.29, 0.717) is 16.3 Å². The standard InChI is InChI=1S/C19H18ClNO4S/c1-12(13-3-6-17(7-4-13)26(2,23)24)21-19(22)15-9-14-10-16(20)5-8-18(14)25-11-15/h3-10,12H,11H2,1-2H3,(H,21,22). The molecule has 7 heteroatoms. The van der Waals surface area contributed by atoms with E-state index in [2.05, 4.69) is 5.32 Å². The van der Waals surface area contributed by atoms with Crippen LogP contribution in [0.5, 0.6) is 5.75 Å². The minimum atomic E-state index is -3.24. The molecule has 1 aliphatic rings. The van der Waals surface area contributed by atoms with Crippen LogP contribution in [-0.2, 0) is 14.6 Å². The molecule has 3 rings (SSSR count). The van der Waals surface area contributed by atoms with Crippen LogP contribution in [-0.4, -0.2) is 27.2 Å². The smallest absolute Gasteiger partial charge is 0.251 e. The van der Waals surface area contributed by atoms with Gasteiger partial charge >= 0.3 is 0 Å². The van der Waals surface area contributed by atoms with Crippen LogP contribution in [0.2, 0.25) is 5.02 Å². The molecule has 1 N–H and O–H groups in total. The lowest BCUT2D eigenvalue weighted by molar-refractivity contribution is -0.118. The molecule has 0 saturated heterocycles. The first kappa shape index (κ1) is 18.5. The molecule has 0 aromatic heterocycles. The lowest BCUT2D eigenvalue weighted by atomic mass is 10.1. The number of amides is 1. The predicted molar refractivity (Wildman–Crippen MR) is 101 cm³/mol. The van der Waals surface area contributed by atoms with Crippen molar-refractivity contribution in [3.8, 4) is 5.75 Å². The van der Waals surface area contributed by atoms with Crippen LogP contribution < -0.4 is 10.1 Å². The van der Waals surface area contributed by atoms with Crippen molar-refractivity contribution < 1.29 is 17.9 Å². The summed E-state index contributed by atoms with van der Waals surface area (Å²) in [5.74, 6) is 0.450. The van der Waals surface area contributed by atoms with Crippen LogP contribution >= 0.6 is 11.6 Å². The zero-order chi connectivity index (χ0) is 18.9. The molecule has 0 spiro atoms. The van der Waals surface area contributed by atoms with Crippen molar-refractivity contribution in [2.45, 2.75) is 17.9 Å². The summed E-state index contributed by atoms with van der Waals surface area (Å²) in [7, 11) is -3.24. The summed E-state index contributed by atoms with van der Waals surface area (Å²) in [5.41, 5.74) is 2.07. The lowest BCUT2D eigenvalue weighted by Gasteiger charge is -2.20. The average Bonchev–Trinajstić information content (AvgIpc) is 2.60. The fourth-order valence-electron chi connectivity index (χ4n) is 2.66. The van der Waals surface area contributed by atoms with E-state index < -0.39 is 9.84 Å². The van der Waals surface area contributed by atoms with Gasteiger partial charge in [0.1, 0.15) is 12.4 Å². The number of fused-ring (bicyclic) bond motifs is 1. The zero-order valence-corrected chi connectivity index (χ0v) is 15.9. The van der Waals surface area contributed by atoms with Crippen LogP contribution in [0.25, 0.3) is 6.08 Å². The third-order valence-corrected chi connectivity index (χ3v) is 5.50. The summed E-state index contributed by atoms with van der Waals surface area (Å²) in [6.07, 6.45) is 2.92. The maximum Gasteiger partial charge on any atom is 0.251 e. The average molecular weight is 392 g/mol. The molecule has 5 nitrogen and oxygen atoms in total. The van der Waals surface area contributed by atoms with E-state index in [1.54, 1.807) is 36.4 Å². The number of hydrogen-bond donors (Lipinski definition) is 1. The fraction of sp³-hybridized carbons (Fsp3) is 0.211. The van der Waals surface area contributed by atoms with Gasteiger partial charge in [-0.2, -0.15) is 0 Å². The number of sulfone groups is 1. The number of nitrogens with one attached hydrogen (secondary N) is 1. The van der Waals surface area contributed by atoms with Crippen LogP contribution in [0, 0.1) is 0 Å². The maximum absolute atomic E-state index is 12.5. The molecule has 2 aromatic rings. The summed E-state index contributed by atoms with van der Waals surface area (Å²) >= 11 is 5.98. The Morgan fingerprint density at radius 2 is 1.88 bits per heavy atom. The Morgan fingerprint density at radius 3 is 2.54 bits per heavy atom. The summed E-state index contributed by atoms with van der Waals surface area (Å²) in [4.78, 5) is 12.8. The Morgan fingerprint density at radius 1 is 1.19 bits per heavy atom. The van der Waals surface area contributed by atoms with Crippen molar-refractivity contribution in [3.05, 3.63) is 64.2 Å². The van der Waals surface area contributed by atoms with Gasteiger partial charge in [-0.05, 0) is 48.9 Å². The van der Waals surface area contributed by atoms with Crippen LogP contribution in [0.4, 0.5) is 0 Å². The molecule has 0 fully saturated rings. The maximum atomic E-state index is 12.5. The highest BCUT2D eigenvalue weighted by Crippen LogP contribution is 2.29. The second kappa shape index (κ2) is 7.13. The van der Waals surface area contributed by atoms with Crippen LogP contribution in [0.1, 0.15) is 24.1 Å². The molecule has 1 heterocycles. The number of benzene rings is 2. The van der Waals surface area contributed by atoms with Crippen molar-refractivity contribution in [1.82, 2.24) is 5.32 Å². The second-order valence-corrected chi connectivity index (χ2v) is 8.63. The zero-order valence-electron chi connectivity index (χ0n) is 14.3. The first-order chi connectivity index (χ1) is 12.2. The molecule has 0 saturated carbocycles. The lowest BCUT2D eigenvalue weighted by Crippen LogP contribution is -2.30. The number of carbonyl (C=O) groups excluding carboxylic acids is 1. The Kier molecular flexibility index (Phi) is 5.07. The third-order valence-electron chi connectivity index (χ3n) is 4.13. The van der Waals surface area contributed by atoms with Crippen molar-refractivity contribution >= 4 is 33.4 Å². The molecular formula is C19H18ClNO4S. The SMILES string of the molecule is CC(NC(=O)C1=Cc2cc(Cl)ccc2OC1)c1ccc(S(C)(=O)=O)cc1. The van der Waals surface area contributed by atoms with Gasteiger partial charge in [0, 0.05) is 16.8 Å². The highest BCUT2D eigenvalue weighted by Gasteiger charge is 2.19.